The van der Waals surface area contributed by atoms with Gasteiger partial charge in [0.1, 0.15) is 30.1 Å². The molecule has 2 rings (SSSR count). The molecule has 1 heterocycles. The van der Waals surface area contributed by atoms with Crippen molar-refractivity contribution in [2.24, 2.45) is 5.92 Å². The molecule has 0 unspecified atom stereocenters. The molecule has 2 atom stereocenters. The van der Waals surface area contributed by atoms with E-state index in [2.05, 4.69) is 0 Å². The molecule has 0 fully saturated rings. The van der Waals surface area contributed by atoms with Crippen molar-refractivity contribution in [1.29, 1.82) is 0 Å². The number of carbonyl (C=O) groups is 1. The van der Waals surface area contributed by atoms with Crippen LogP contribution in [0.2, 0.25) is 0 Å². The number of hydrogen-bond acceptors (Lipinski definition) is 3. The maximum absolute atomic E-state index is 13.2. The van der Waals surface area contributed by atoms with Crippen LogP contribution < -0.4 is 4.74 Å². The molecule has 3 nitrogen and oxygen atoms in total. The lowest BCUT2D eigenvalue weighted by atomic mass is 9.72. The van der Waals surface area contributed by atoms with Crippen LogP contribution in [0, 0.1) is 11.7 Å². The van der Waals surface area contributed by atoms with Crippen LogP contribution in [0.1, 0.15) is 31.7 Å². The normalized spacial score (nSPS) is 26.6. The van der Waals surface area contributed by atoms with Crippen molar-refractivity contribution in [2.45, 2.75) is 31.8 Å². The van der Waals surface area contributed by atoms with Crippen molar-refractivity contribution in [3.8, 4) is 5.75 Å². The molecule has 1 aromatic carbocycles. The quantitative estimate of drug-likeness (QED) is 0.839. The first-order chi connectivity index (χ1) is 8.48. The van der Waals surface area contributed by atoms with E-state index in [4.69, 9.17) is 4.74 Å². The fraction of sp³-hybridized carbons (Fsp3) is 0.500. The lowest BCUT2D eigenvalue weighted by Gasteiger charge is -2.42. The van der Waals surface area contributed by atoms with E-state index in [9.17, 15) is 14.3 Å². The fourth-order valence-electron chi connectivity index (χ4n) is 2.78. The number of fused-ring (bicyclic) bond motifs is 1. The Labute approximate surface area is 106 Å². The zero-order chi connectivity index (χ0) is 13.3. The molecule has 98 valence electrons. The highest BCUT2D eigenvalue weighted by molar-refractivity contribution is 5.53. The molecule has 0 bridgehead atoms. The Bertz CT molecular complexity index is 458. The molecule has 0 aliphatic carbocycles. The van der Waals surface area contributed by atoms with Crippen LogP contribution in [-0.2, 0) is 4.79 Å². The van der Waals surface area contributed by atoms with Crippen LogP contribution in [0.3, 0.4) is 0 Å². The molecule has 4 heteroatoms. The summed E-state index contributed by atoms with van der Waals surface area (Å²) < 4.78 is 18.6. The summed E-state index contributed by atoms with van der Waals surface area (Å²) in [4.78, 5) is 10.7. The molecule has 0 saturated carbocycles. The molecule has 0 spiro atoms. The lowest BCUT2D eigenvalue weighted by Crippen LogP contribution is -2.47. The minimum atomic E-state index is -1.21. The van der Waals surface area contributed by atoms with Gasteiger partial charge in [0.15, 0.2) is 0 Å². The first-order valence-electron chi connectivity index (χ1n) is 6.06. The third kappa shape index (κ3) is 2.12. The highest BCUT2D eigenvalue weighted by Crippen LogP contribution is 2.45. The van der Waals surface area contributed by atoms with Gasteiger partial charge in [-0.3, -0.25) is 0 Å². The topological polar surface area (TPSA) is 46.5 Å². The second kappa shape index (κ2) is 4.69. The van der Waals surface area contributed by atoms with Crippen LogP contribution >= 0.6 is 0 Å². The van der Waals surface area contributed by atoms with Crippen molar-refractivity contribution in [3.63, 3.8) is 0 Å². The zero-order valence-electron chi connectivity index (χ0n) is 10.5. The number of benzene rings is 1. The Kier molecular flexibility index (Phi) is 3.39. The minimum absolute atomic E-state index is 0.0189. The number of rotatable bonds is 3. The number of ether oxygens (including phenoxy) is 1. The Morgan fingerprint density at radius 3 is 2.94 bits per heavy atom. The van der Waals surface area contributed by atoms with Gasteiger partial charge in [0.25, 0.3) is 0 Å². The monoisotopic (exact) mass is 252 g/mol. The van der Waals surface area contributed by atoms with Gasteiger partial charge in [0.05, 0.1) is 0 Å². The SMILES string of the molecule is CC(C)[C@H]1c2ccc(F)cc2OC[C@]1(O)CC=O. The van der Waals surface area contributed by atoms with Crippen LogP contribution in [0.4, 0.5) is 4.39 Å². The van der Waals surface area contributed by atoms with Gasteiger partial charge in [0, 0.05) is 24.0 Å². The highest BCUT2D eigenvalue weighted by atomic mass is 19.1. The highest BCUT2D eigenvalue weighted by Gasteiger charge is 2.44. The predicted molar refractivity (Wildman–Crippen MR) is 65.1 cm³/mol. The number of hydrogen-bond donors (Lipinski definition) is 1. The molecule has 0 amide bonds. The van der Waals surface area contributed by atoms with Gasteiger partial charge < -0.3 is 14.6 Å². The van der Waals surface area contributed by atoms with Gasteiger partial charge in [0.2, 0.25) is 0 Å². The van der Waals surface area contributed by atoms with E-state index in [1.807, 2.05) is 13.8 Å². The van der Waals surface area contributed by atoms with E-state index >= 15 is 0 Å². The summed E-state index contributed by atoms with van der Waals surface area (Å²) in [5.41, 5.74) is -0.442. The molecule has 0 saturated heterocycles. The van der Waals surface area contributed by atoms with Crippen molar-refractivity contribution >= 4 is 6.29 Å². The van der Waals surface area contributed by atoms with Crippen molar-refractivity contribution in [3.05, 3.63) is 29.6 Å². The van der Waals surface area contributed by atoms with Crippen molar-refractivity contribution in [1.82, 2.24) is 0 Å². The fourth-order valence-corrected chi connectivity index (χ4v) is 2.78. The zero-order valence-corrected chi connectivity index (χ0v) is 10.5. The molecular formula is C14H17FO3. The van der Waals surface area contributed by atoms with Gasteiger partial charge in [-0.05, 0) is 12.0 Å². The van der Waals surface area contributed by atoms with Gasteiger partial charge in [-0.25, -0.2) is 4.39 Å². The molecule has 1 aliphatic heterocycles. The molecule has 1 N–H and O–H groups in total. The first kappa shape index (κ1) is 13.0. The summed E-state index contributed by atoms with van der Waals surface area (Å²) in [6.45, 7) is 3.96. The summed E-state index contributed by atoms with van der Waals surface area (Å²) in [6, 6.07) is 4.31. The average Bonchev–Trinajstić information content (AvgIpc) is 2.29. The largest absolute Gasteiger partial charge is 0.490 e. The second-order valence-electron chi connectivity index (χ2n) is 5.17. The van der Waals surface area contributed by atoms with Gasteiger partial charge in [-0.2, -0.15) is 0 Å². The van der Waals surface area contributed by atoms with E-state index in [0.717, 1.165) is 5.56 Å². The number of aldehydes is 1. The molecule has 1 aromatic rings. The van der Waals surface area contributed by atoms with Crippen LogP contribution in [-0.4, -0.2) is 23.6 Å². The lowest BCUT2D eigenvalue weighted by molar-refractivity contribution is -0.117. The number of aliphatic hydroxyl groups is 1. The molecule has 0 aromatic heterocycles. The maximum Gasteiger partial charge on any atom is 0.126 e. The van der Waals surface area contributed by atoms with Crippen LogP contribution in [0.25, 0.3) is 0 Å². The van der Waals surface area contributed by atoms with E-state index in [-0.39, 0.29) is 30.7 Å². The Morgan fingerprint density at radius 2 is 2.33 bits per heavy atom. The summed E-state index contributed by atoms with van der Waals surface area (Å²) in [5, 5.41) is 10.6. The standard InChI is InChI=1S/C14H17FO3/c1-9(2)13-11-4-3-10(15)7-12(11)18-8-14(13,17)5-6-16/h3-4,6-7,9,13,17H,5,8H2,1-2H3/t13-,14+/m0/s1. The third-order valence-corrected chi connectivity index (χ3v) is 3.47. The second-order valence-corrected chi connectivity index (χ2v) is 5.17. The minimum Gasteiger partial charge on any atom is -0.490 e. The third-order valence-electron chi connectivity index (χ3n) is 3.47. The molecule has 0 radical (unpaired) electrons. The molecular weight excluding hydrogens is 235 g/mol. The van der Waals surface area contributed by atoms with E-state index in [1.165, 1.54) is 12.1 Å². The van der Waals surface area contributed by atoms with Crippen molar-refractivity contribution < 1.29 is 19.0 Å². The van der Waals surface area contributed by atoms with Gasteiger partial charge in [-0.15, -0.1) is 0 Å². The molecule has 18 heavy (non-hydrogen) atoms. The Hall–Kier alpha value is -1.42. The van der Waals surface area contributed by atoms with E-state index in [0.29, 0.717) is 12.0 Å². The van der Waals surface area contributed by atoms with E-state index < -0.39 is 5.60 Å². The number of carbonyl (C=O) groups excluding carboxylic acids is 1. The number of halogens is 1. The summed E-state index contributed by atoms with van der Waals surface area (Å²) in [7, 11) is 0. The average molecular weight is 252 g/mol. The van der Waals surface area contributed by atoms with Crippen molar-refractivity contribution in [2.75, 3.05) is 6.61 Å². The maximum atomic E-state index is 13.2. The first-order valence-corrected chi connectivity index (χ1v) is 6.06. The summed E-state index contributed by atoms with van der Waals surface area (Å²) in [6.07, 6.45) is 0.722. The Balaban J connectivity index is 2.48. The van der Waals surface area contributed by atoms with Crippen LogP contribution in [0.5, 0.6) is 5.75 Å². The van der Waals surface area contributed by atoms with E-state index in [1.54, 1.807) is 6.07 Å². The van der Waals surface area contributed by atoms with Crippen LogP contribution in [0.15, 0.2) is 18.2 Å². The smallest absolute Gasteiger partial charge is 0.126 e. The summed E-state index contributed by atoms with van der Waals surface area (Å²) >= 11 is 0. The predicted octanol–water partition coefficient (Wildman–Crippen LogP) is 2.28. The van der Waals surface area contributed by atoms with Gasteiger partial charge in [-0.1, -0.05) is 19.9 Å². The summed E-state index contributed by atoms with van der Waals surface area (Å²) in [5.74, 6) is -0.00327. The molecule has 1 aliphatic rings. The Morgan fingerprint density at radius 1 is 1.61 bits per heavy atom. The van der Waals surface area contributed by atoms with Gasteiger partial charge >= 0.3 is 0 Å².